The van der Waals surface area contributed by atoms with Crippen LogP contribution >= 0.6 is 0 Å². The van der Waals surface area contributed by atoms with Crippen LogP contribution in [0, 0.1) is 0 Å². The fourth-order valence-corrected chi connectivity index (χ4v) is 3.66. The Hall–Kier alpha value is -2.19. The molecule has 3 heterocycles. The number of benzene rings is 1. The molecule has 2 aromatic rings. The Morgan fingerprint density at radius 1 is 1.12 bits per heavy atom. The van der Waals surface area contributed by atoms with Gasteiger partial charge in [-0.2, -0.15) is 0 Å². The number of hydrogen-bond acceptors (Lipinski definition) is 7. The molecule has 1 aromatic carbocycles. The SMILES string of the molecule is CCC[C@H](c1nnnn1Cc1ccc2c(c1)OCO2)N1CCN(C)CC1. The third-order valence-corrected chi connectivity index (χ3v) is 5.17. The maximum absolute atomic E-state index is 5.48. The molecule has 8 nitrogen and oxygen atoms in total. The first-order chi connectivity index (χ1) is 12.7. The number of likely N-dealkylation sites (N-methyl/N-ethyl adjacent to an activating group) is 1. The first-order valence-electron chi connectivity index (χ1n) is 9.31. The van der Waals surface area contributed by atoms with Crippen LogP contribution in [0.25, 0.3) is 0 Å². The van der Waals surface area contributed by atoms with Gasteiger partial charge in [-0.25, -0.2) is 4.68 Å². The standard InChI is InChI=1S/C18H26N6O2/c1-3-4-15(23-9-7-22(2)8-10-23)18-19-20-21-24(18)12-14-5-6-16-17(11-14)26-13-25-16/h5-6,11,15H,3-4,7-10,12-13H2,1-2H3/t15-/m1/s1. The van der Waals surface area contributed by atoms with Crippen LogP contribution in [-0.2, 0) is 6.54 Å². The van der Waals surface area contributed by atoms with Gasteiger partial charge >= 0.3 is 0 Å². The van der Waals surface area contributed by atoms with Gasteiger partial charge in [-0.3, -0.25) is 4.90 Å². The van der Waals surface area contributed by atoms with Crippen LogP contribution in [-0.4, -0.2) is 70.0 Å². The Balaban J connectivity index is 1.54. The lowest BCUT2D eigenvalue weighted by molar-refractivity contribution is 0.0996. The third kappa shape index (κ3) is 3.52. The van der Waals surface area contributed by atoms with E-state index in [0.717, 1.165) is 61.9 Å². The molecule has 4 rings (SSSR count). The molecule has 0 aliphatic carbocycles. The molecule has 2 aliphatic heterocycles. The van der Waals surface area contributed by atoms with Crippen LogP contribution < -0.4 is 9.47 Å². The number of nitrogens with zero attached hydrogens (tertiary/aromatic N) is 6. The Morgan fingerprint density at radius 2 is 1.92 bits per heavy atom. The fraction of sp³-hybridized carbons (Fsp3) is 0.611. The minimum Gasteiger partial charge on any atom is -0.454 e. The van der Waals surface area contributed by atoms with E-state index in [0.29, 0.717) is 6.54 Å². The summed E-state index contributed by atoms with van der Waals surface area (Å²) < 4.78 is 12.8. The second-order valence-electron chi connectivity index (χ2n) is 7.03. The average molecular weight is 358 g/mol. The van der Waals surface area contributed by atoms with E-state index >= 15 is 0 Å². The van der Waals surface area contributed by atoms with Crippen molar-refractivity contribution in [3.8, 4) is 11.5 Å². The van der Waals surface area contributed by atoms with Crippen LogP contribution in [0.2, 0.25) is 0 Å². The molecule has 140 valence electrons. The van der Waals surface area contributed by atoms with Gasteiger partial charge in [0, 0.05) is 26.2 Å². The number of aromatic nitrogens is 4. The highest BCUT2D eigenvalue weighted by Crippen LogP contribution is 2.33. The molecule has 26 heavy (non-hydrogen) atoms. The summed E-state index contributed by atoms with van der Waals surface area (Å²) in [6, 6.07) is 6.27. The van der Waals surface area contributed by atoms with E-state index in [1.807, 2.05) is 22.9 Å². The molecular weight excluding hydrogens is 332 g/mol. The number of piperazine rings is 1. The maximum Gasteiger partial charge on any atom is 0.231 e. The highest BCUT2D eigenvalue weighted by Gasteiger charge is 2.28. The van der Waals surface area contributed by atoms with Gasteiger partial charge < -0.3 is 14.4 Å². The number of hydrogen-bond donors (Lipinski definition) is 0. The summed E-state index contributed by atoms with van der Waals surface area (Å²) in [4.78, 5) is 4.89. The second kappa shape index (κ2) is 7.59. The van der Waals surface area contributed by atoms with Crippen molar-refractivity contribution in [2.45, 2.75) is 32.4 Å². The summed E-state index contributed by atoms with van der Waals surface area (Å²) in [7, 11) is 2.18. The monoisotopic (exact) mass is 358 g/mol. The minimum atomic E-state index is 0.262. The summed E-state index contributed by atoms with van der Waals surface area (Å²) in [6.45, 7) is 7.42. The predicted octanol–water partition coefficient (Wildman–Crippen LogP) is 1.54. The minimum absolute atomic E-state index is 0.262. The molecular formula is C18H26N6O2. The molecule has 0 amide bonds. The molecule has 1 saturated heterocycles. The molecule has 0 N–H and O–H groups in total. The molecule has 1 atom stereocenters. The number of rotatable bonds is 6. The van der Waals surface area contributed by atoms with Gasteiger partial charge in [0.05, 0.1) is 12.6 Å². The van der Waals surface area contributed by atoms with E-state index in [4.69, 9.17) is 9.47 Å². The van der Waals surface area contributed by atoms with E-state index in [1.54, 1.807) is 0 Å². The summed E-state index contributed by atoms with van der Waals surface area (Å²) >= 11 is 0. The Bertz CT molecular complexity index is 741. The van der Waals surface area contributed by atoms with E-state index in [1.165, 1.54) is 0 Å². The van der Waals surface area contributed by atoms with E-state index in [9.17, 15) is 0 Å². The van der Waals surface area contributed by atoms with E-state index < -0.39 is 0 Å². The molecule has 0 unspecified atom stereocenters. The van der Waals surface area contributed by atoms with Gasteiger partial charge in [0.2, 0.25) is 6.79 Å². The summed E-state index contributed by atoms with van der Waals surface area (Å²) in [6.07, 6.45) is 2.17. The Labute approximate surface area is 153 Å². The van der Waals surface area contributed by atoms with Crippen molar-refractivity contribution in [3.63, 3.8) is 0 Å². The molecule has 1 fully saturated rings. The summed E-state index contributed by atoms with van der Waals surface area (Å²) in [5, 5.41) is 12.6. The zero-order chi connectivity index (χ0) is 17.9. The highest BCUT2D eigenvalue weighted by atomic mass is 16.7. The second-order valence-corrected chi connectivity index (χ2v) is 7.03. The van der Waals surface area contributed by atoms with Crippen LogP contribution in [0.15, 0.2) is 18.2 Å². The highest BCUT2D eigenvalue weighted by molar-refractivity contribution is 5.44. The quantitative estimate of drug-likeness (QED) is 0.776. The van der Waals surface area contributed by atoms with Crippen molar-refractivity contribution in [2.24, 2.45) is 0 Å². The third-order valence-electron chi connectivity index (χ3n) is 5.17. The van der Waals surface area contributed by atoms with Crippen LogP contribution in [0.1, 0.15) is 37.2 Å². The van der Waals surface area contributed by atoms with E-state index in [-0.39, 0.29) is 12.8 Å². The molecule has 8 heteroatoms. The Kier molecular flexibility index (Phi) is 5.03. The van der Waals surface area contributed by atoms with Crippen molar-refractivity contribution in [1.29, 1.82) is 0 Å². The van der Waals surface area contributed by atoms with E-state index in [2.05, 4.69) is 39.3 Å². The zero-order valence-electron chi connectivity index (χ0n) is 15.5. The van der Waals surface area contributed by atoms with Gasteiger partial charge in [0.15, 0.2) is 17.3 Å². The van der Waals surface area contributed by atoms with Crippen LogP contribution in [0.4, 0.5) is 0 Å². The molecule has 1 aromatic heterocycles. The van der Waals surface area contributed by atoms with Gasteiger partial charge in [-0.15, -0.1) is 5.10 Å². The molecule has 0 radical (unpaired) electrons. The number of fused-ring (bicyclic) bond motifs is 1. The zero-order valence-corrected chi connectivity index (χ0v) is 15.5. The number of ether oxygens (including phenoxy) is 2. The molecule has 0 bridgehead atoms. The Morgan fingerprint density at radius 3 is 2.73 bits per heavy atom. The van der Waals surface area contributed by atoms with Crippen molar-refractivity contribution in [2.75, 3.05) is 40.0 Å². The van der Waals surface area contributed by atoms with Crippen LogP contribution in [0.3, 0.4) is 0 Å². The largest absolute Gasteiger partial charge is 0.454 e. The predicted molar refractivity (Wildman–Crippen MR) is 96.2 cm³/mol. The first-order valence-corrected chi connectivity index (χ1v) is 9.31. The van der Waals surface area contributed by atoms with Gasteiger partial charge in [0.25, 0.3) is 0 Å². The van der Waals surface area contributed by atoms with Crippen molar-refractivity contribution in [1.82, 2.24) is 30.0 Å². The smallest absolute Gasteiger partial charge is 0.231 e. The van der Waals surface area contributed by atoms with Gasteiger partial charge in [0.1, 0.15) is 0 Å². The maximum atomic E-state index is 5.48. The lowest BCUT2D eigenvalue weighted by atomic mass is 10.1. The van der Waals surface area contributed by atoms with Crippen LogP contribution in [0.5, 0.6) is 11.5 Å². The molecule has 0 spiro atoms. The normalized spacial score (nSPS) is 19.0. The summed E-state index contributed by atoms with van der Waals surface area (Å²) in [5.74, 6) is 2.54. The lowest BCUT2D eigenvalue weighted by Crippen LogP contribution is -2.46. The van der Waals surface area contributed by atoms with Crippen molar-refractivity contribution < 1.29 is 9.47 Å². The first kappa shape index (κ1) is 17.2. The molecule has 2 aliphatic rings. The fourth-order valence-electron chi connectivity index (χ4n) is 3.66. The topological polar surface area (TPSA) is 68.5 Å². The summed E-state index contributed by atoms with van der Waals surface area (Å²) in [5.41, 5.74) is 1.11. The van der Waals surface area contributed by atoms with Gasteiger partial charge in [-0.05, 0) is 41.6 Å². The van der Waals surface area contributed by atoms with Crippen molar-refractivity contribution in [3.05, 3.63) is 29.6 Å². The average Bonchev–Trinajstić information content (AvgIpc) is 3.29. The van der Waals surface area contributed by atoms with Gasteiger partial charge in [-0.1, -0.05) is 19.4 Å². The van der Waals surface area contributed by atoms with Crippen molar-refractivity contribution >= 4 is 0 Å². The molecule has 0 saturated carbocycles. The lowest BCUT2D eigenvalue weighted by Gasteiger charge is -2.37. The number of tetrazole rings is 1.